The van der Waals surface area contributed by atoms with Crippen molar-refractivity contribution in [3.05, 3.63) is 51.7 Å². The van der Waals surface area contributed by atoms with Gasteiger partial charge in [-0.15, -0.1) is 11.3 Å². The summed E-state index contributed by atoms with van der Waals surface area (Å²) in [4.78, 5) is 14.8. The van der Waals surface area contributed by atoms with Crippen LogP contribution in [-0.4, -0.2) is 44.7 Å². The van der Waals surface area contributed by atoms with Crippen LogP contribution in [-0.2, 0) is 14.6 Å². The number of thiophene rings is 1. The maximum atomic E-state index is 12.5. The van der Waals surface area contributed by atoms with E-state index in [-0.39, 0.29) is 24.8 Å². The third-order valence-corrected chi connectivity index (χ3v) is 7.62. The highest BCUT2D eigenvalue weighted by molar-refractivity contribution is 7.91. The fourth-order valence-corrected chi connectivity index (χ4v) is 5.88. The van der Waals surface area contributed by atoms with E-state index in [4.69, 9.17) is 16.3 Å². The van der Waals surface area contributed by atoms with E-state index in [1.165, 1.54) is 11.3 Å². The average molecular weight is 400 g/mol. The summed E-state index contributed by atoms with van der Waals surface area (Å²) in [5.74, 6) is 0.316. The zero-order chi connectivity index (χ0) is 17.9. The number of nitrogens with zero attached hydrogens (tertiary/aromatic N) is 1. The second kappa shape index (κ2) is 7.76. The minimum absolute atomic E-state index is 0.0255. The molecule has 0 spiro atoms. The summed E-state index contributed by atoms with van der Waals surface area (Å²) in [6, 6.07) is 10.4. The lowest BCUT2D eigenvalue weighted by atomic mass is 10.2. The Balaban J connectivity index is 1.62. The van der Waals surface area contributed by atoms with Crippen LogP contribution in [0.3, 0.4) is 0 Å². The largest absolute Gasteiger partial charge is 0.484 e. The number of amides is 1. The zero-order valence-electron chi connectivity index (χ0n) is 13.4. The summed E-state index contributed by atoms with van der Waals surface area (Å²) < 4.78 is 30.5. The monoisotopic (exact) mass is 399 g/mol. The Morgan fingerprint density at radius 3 is 2.68 bits per heavy atom. The van der Waals surface area contributed by atoms with Crippen molar-refractivity contribution >= 4 is 38.7 Å². The molecule has 0 aliphatic carbocycles. The van der Waals surface area contributed by atoms with Crippen LogP contribution in [0.15, 0.2) is 41.8 Å². The second-order valence-corrected chi connectivity index (χ2v) is 9.50. The quantitative estimate of drug-likeness (QED) is 0.792. The number of carbonyl (C=O) groups is 1. The van der Waals surface area contributed by atoms with Gasteiger partial charge in [-0.1, -0.05) is 17.7 Å². The van der Waals surface area contributed by atoms with E-state index in [9.17, 15) is 13.2 Å². The molecule has 0 saturated carbocycles. The van der Waals surface area contributed by atoms with Gasteiger partial charge in [0.2, 0.25) is 0 Å². The second-order valence-electron chi connectivity index (χ2n) is 5.78. The molecule has 1 aliphatic rings. The summed E-state index contributed by atoms with van der Waals surface area (Å²) in [6.07, 6.45) is 0.412. The van der Waals surface area contributed by atoms with Gasteiger partial charge in [-0.2, -0.15) is 0 Å². The van der Waals surface area contributed by atoms with Crippen molar-refractivity contribution in [2.45, 2.75) is 11.7 Å². The molecule has 3 rings (SSSR count). The van der Waals surface area contributed by atoms with Crippen molar-refractivity contribution in [3.8, 4) is 5.75 Å². The number of rotatable bonds is 4. The molecule has 2 heterocycles. The maximum Gasteiger partial charge on any atom is 0.260 e. The van der Waals surface area contributed by atoms with Gasteiger partial charge in [-0.3, -0.25) is 4.79 Å². The first kappa shape index (κ1) is 18.2. The van der Waals surface area contributed by atoms with Gasteiger partial charge < -0.3 is 9.64 Å². The van der Waals surface area contributed by atoms with E-state index in [0.717, 1.165) is 4.88 Å². The number of carbonyl (C=O) groups excluding carboxylic acids is 1. The van der Waals surface area contributed by atoms with Gasteiger partial charge in [0.1, 0.15) is 5.75 Å². The van der Waals surface area contributed by atoms with E-state index in [1.807, 2.05) is 17.5 Å². The molecule has 25 heavy (non-hydrogen) atoms. The highest BCUT2D eigenvalue weighted by Gasteiger charge is 2.33. The molecule has 0 N–H and O–H groups in total. The average Bonchev–Trinajstić information content (AvgIpc) is 3.05. The Morgan fingerprint density at radius 2 is 2.00 bits per heavy atom. The first-order valence-corrected chi connectivity index (χ1v) is 10.8. The van der Waals surface area contributed by atoms with Crippen molar-refractivity contribution in [2.75, 3.05) is 25.4 Å². The molecule has 1 atom stereocenters. The Morgan fingerprint density at radius 1 is 1.24 bits per heavy atom. The zero-order valence-corrected chi connectivity index (χ0v) is 15.8. The number of ether oxygens (including phenoxy) is 1. The van der Waals surface area contributed by atoms with Crippen LogP contribution in [0.5, 0.6) is 5.75 Å². The molecule has 1 aromatic heterocycles. The lowest BCUT2D eigenvalue weighted by Crippen LogP contribution is -2.37. The van der Waals surface area contributed by atoms with Crippen molar-refractivity contribution in [3.63, 3.8) is 0 Å². The summed E-state index contributed by atoms with van der Waals surface area (Å²) in [7, 11) is -3.26. The lowest BCUT2D eigenvalue weighted by Gasteiger charge is -2.20. The summed E-state index contributed by atoms with van der Waals surface area (Å²) in [5.41, 5.74) is 0. The van der Waals surface area contributed by atoms with E-state index >= 15 is 0 Å². The first-order valence-electron chi connectivity index (χ1n) is 7.87. The fraction of sp³-hybridized carbons (Fsp3) is 0.353. The van der Waals surface area contributed by atoms with Crippen LogP contribution in [0.2, 0.25) is 5.02 Å². The molecule has 1 amide bonds. The molecule has 5 nitrogen and oxygen atoms in total. The van der Waals surface area contributed by atoms with Gasteiger partial charge in [-0.05, 0) is 42.1 Å². The van der Waals surface area contributed by atoms with Crippen LogP contribution >= 0.6 is 22.9 Å². The SMILES string of the molecule is O=C(COc1ccc(Cl)cc1)N1CC[C@@H](c2cccs2)S(=O)(=O)CC1. The number of hydrogen-bond donors (Lipinski definition) is 0. The van der Waals surface area contributed by atoms with E-state index in [0.29, 0.717) is 23.7 Å². The molecule has 0 bridgehead atoms. The van der Waals surface area contributed by atoms with Crippen LogP contribution < -0.4 is 4.74 Å². The topological polar surface area (TPSA) is 63.7 Å². The van der Waals surface area contributed by atoms with E-state index in [1.54, 1.807) is 29.2 Å². The predicted octanol–water partition coefficient (Wildman–Crippen LogP) is 3.17. The van der Waals surface area contributed by atoms with Gasteiger partial charge in [0, 0.05) is 23.0 Å². The molecule has 134 valence electrons. The van der Waals surface area contributed by atoms with Crippen molar-refractivity contribution < 1.29 is 17.9 Å². The minimum atomic E-state index is -3.26. The number of hydrogen-bond acceptors (Lipinski definition) is 5. The predicted molar refractivity (Wildman–Crippen MR) is 99.0 cm³/mol. The Hall–Kier alpha value is -1.57. The van der Waals surface area contributed by atoms with Crippen LogP contribution in [0, 0.1) is 0 Å². The van der Waals surface area contributed by atoms with Crippen molar-refractivity contribution in [1.29, 1.82) is 0 Å². The molecule has 8 heteroatoms. The van der Waals surface area contributed by atoms with Crippen molar-refractivity contribution in [1.82, 2.24) is 4.90 Å². The first-order chi connectivity index (χ1) is 12.0. The lowest BCUT2D eigenvalue weighted by molar-refractivity contribution is -0.133. The van der Waals surface area contributed by atoms with Gasteiger partial charge in [0.25, 0.3) is 5.91 Å². The normalized spacial score (nSPS) is 20.0. The minimum Gasteiger partial charge on any atom is -0.484 e. The smallest absolute Gasteiger partial charge is 0.260 e. The third kappa shape index (κ3) is 4.54. The summed E-state index contributed by atoms with van der Waals surface area (Å²) in [5, 5.41) is 1.94. The van der Waals surface area contributed by atoms with Crippen LogP contribution in [0.4, 0.5) is 0 Å². The fourth-order valence-electron chi connectivity index (χ4n) is 2.75. The number of sulfone groups is 1. The molecule has 1 fully saturated rings. The third-order valence-electron chi connectivity index (χ3n) is 4.13. The molecular formula is C17H18ClNO4S2. The Labute approximate surface area is 156 Å². The van der Waals surface area contributed by atoms with Gasteiger partial charge in [0.15, 0.2) is 16.4 Å². The molecule has 1 aliphatic heterocycles. The van der Waals surface area contributed by atoms with E-state index < -0.39 is 15.1 Å². The molecular weight excluding hydrogens is 382 g/mol. The Kier molecular flexibility index (Phi) is 5.66. The summed E-state index contributed by atoms with van der Waals surface area (Å²) >= 11 is 7.25. The standard InChI is InChI=1S/C17H18ClNO4S2/c18-13-3-5-14(6-4-13)23-12-17(20)19-8-7-16(15-2-1-10-24-15)25(21,22)11-9-19/h1-6,10,16H,7-9,11-12H2/t16-/m0/s1. The molecule has 0 unspecified atom stereocenters. The van der Waals surface area contributed by atoms with Gasteiger partial charge in [-0.25, -0.2) is 8.42 Å². The van der Waals surface area contributed by atoms with Crippen LogP contribution in [0.25, 0.3) is 0 Å². The van der Waals surface area contributed by atoms with Crippen LogP contribution in [0.1, 0.15) is 16.5 Å². The van der Waals surface area contributed by atoms with E-state index in [2.05, 4.69) is 0 Å². The number of halogens is 1. The highest BCUT2D eigenvalue weighted by Crippen LogP contribution is 2.32. The van der Waals surface area contributed by atoms with Gasteiger partial charge >= 0.3 is 0 Å². The van der Waals surface area contributed by atoms with Gasteiger partial charge in [0.05, 0.1) is 11.0 Å². The molecule has 0 radical (unpaired) electrons. The maximum absolute atomic E-state index is 12.5. The molecule has 1 aromatic carbocycles. The molecule has 2 aromatic rings. The molecule has 1 saturated heterocycles. The number of benzene rings is 1. The highest BCUT2D eigenvalue weighted by atomic mass is 35.5. The van der Waals surface area contributed by atoms with Crippen molar-refractivity contribution in [2.24, 2.45) is 0 Å². The Bertz CT molecular complexity index is 819. The summed E-state index contributed by atoms with van der Waals surface area (Å²) in [6.45, 7) is 0.489.